The number of hydrogen-bond donors (Lipinski definition) is 1. The molecule has 0 aromatic rings. The monoisotopic (exact) mass is 197 g/mol. The maximum atomic E-state index is 3.74. The highest BCUT2D eigenvalue weighted by Gasteiger charge is 2.06. The van der Waals surface area contributed by atoms with Crippen LogP contribution in [0.4, 0.5) is 0 Å². The second kappa shape index (κ2) is 9.26. The fourth-order valence-electron chi connectivity index (χ4n) is 1.80. The molecule has 2 unspecified atom stereocenters. The first kappa shape index (κ1) is 13.7. The van der Waals surface area contributed by atoms with Crippen LogP contribution in [0.1, 0.15) is 52.4 Å². The summed E-state index contributed by atoms with van der Waals surface area (Å²) >= 11 is 0. The van der Waals surface area contributed by atoms with E-state index < -0.39 is 0 Å². The molecule has 1 heteroatoms. The molecule has 0 aromatic carbocycles. The van der Waals surface area contributed by atoms with Crippen molar-refractivity contribution in [2.24, 2.45) is 5.92 Å². The molecule has 14 heavy (non-hydrogen) atoms. The summed E-state index contributed by atoms with van der Waals surface area (Å²) in [6, 6.07) is 0.665. The molecule has 0 saturated heterocycles. The summed E-state index contributed by atoms with van der Waals surface area (Å²) in [5, 5.41) is 3.29. The van der Waals surface area contributed by atoms with Gasteiger partial charge in [-0.05, 0) is 39.2 Å². The third kappa shape index (κ3) is 8.31. The van der Waals surface area contributed by atoms with Crippen LogP contribution in [0.25, 0.3) is 0 Å². The molecule has 0 amide bonds. The minimum absolute atomic E-state index is 0.665. The maximum Gasteiger partial charge on any atom is 0.00382 e. The predicted molar refractivity (Wildman–Crippen MR) is 65.6 cm³/mol. The fourth-order valence-corrected chi connectivity index (χ4v) is 1.80. The first-order valence-electron chi connectivity index (χ1n) is 5.98. The van der Waals surface area contributed by atoms with Crippen LogP contribution in [-0.4, -0.2) is 13.1 Å². The molecule has 1 N–H and O–H groups in total. The Hall–Kier alpha value is -0.300. The van der Waals surface area contributed by atoms with E-state index in [2.05, 4.69) is 25.7 Å². The van der Waals surface area contributed by atoms with Crippen LogP contribution in [-0.2, 0) is 0 Å². The molecule has 0 radical (unpaired) electrons. The Balaban J connectivity index is 3.26. The number of unbranched alkanes of at least 4 members (excludes halogenated alkanes) is 3. The minimum atomic E-state index is 0.665. The fraction of sp³-hybridized carbons (Fsp3) is 0.846. The van der Waals surface area contributed by atoms with Crippen molar-refractivity contribution in [3.05, 3.63) is 12.7 Å². The van der Waals surface area contributed by atoms with E-state index in [0.717, 1.165) is 5.92 Å². The Morgan fingerprint density at radius 2 is 1.93 bits per heavy atom. The van der Waals surface area contributed by atoms with Gasteiger partial charge in [-0.25, -0.2) is 0 Å². The van der Waals surface area contributed by atoms with Crippen molar-refractivity contribution in [1.82, 2.24) is 5.32 Å². The van der Waals surface area contributed by atoms with Gasteiger partial charge in [0.2, 0.25) is 0 Å². The van der Waals surface area contributed by atoms with Crippen molar-refractivity contribution in [1.29, 1.82) is 0 Å². The summed E-state index contributed by atoms with van der Waals surface area (Å²) in [6.07, 6.45) is 9.95. The Bertz CT molecular complexity index is 131. The molecular formula is C13H27N. The lowest BCUT2D eigenvalue weighted by atomic mass is 9.96. The quantitative estimate of drug-likeness (QED) is 0.438. The zero-order valence-electron chi connectivity index (χ0n) is 10.2. The van der Waals surface area contributed by atoms with Gasteiger partial charge in [0.25, 0.3) is 0 Å². The van der Waals surface area contributed by atoms with E-state index in [-0.39, 0.29) is 0 Å². The number of hydrogen-bond acceptors (Lipinski definition) is 1. The van der Waals surface area contributed by atoms with Crippen molar-refractivity contribution in [3.63, 3.8) is 0 Å². The molecule has 84 valence electrons. The van der Waals surface area contributed by atoms with Gasteiger partial charge in [-0.3, -0.25) is 0 Å². The standard InChI is InChI=1S/C13H27N/c1-5-6-7-8-9-10-12(2)11-13(3)14-4/h5,12-14H,1,6-11H2,2-4H3. The second-order valence-corrected chi connectivity index (χ2v) is 4.46. The van der Waals surface area contributed by atoms with E-state index in [9.17, 15) is 0 Å². The average molecular weight is 197 g/mol. The van der Waals surface area contributed by atoms with Gasteiger partial charge in [0.1, 0.15) is 0 Å². The zero-order valence-corrected chi connectivity index (χ0v) is 10.2. The average Bonchev–Trinajstić information content (AvgIpc) is 2.17. The van der Waals surface area contributed by atoms with Crippen molar-refractivity contribution in [2.75, 3.05) is 7.05 Å². The molecule has 0 spiro atoms. The summed E-state index contributed by atoms with van der Waals surface area (Å²) in [4.78, 5) is 0. The number of allylic oxidation sites excluding steroid dienone is 1. The van der Waals surface area contributed by atoms with E-state index in [0.29, 0.717) is 6.04 Å². The third-order valence-corrected chi connectivity index (χ3v) is 2.85. The van der Waals surface area contributed by atoms with Crippen LogP contribution in [0.3, 0.4) is 0 Å². The Kier molecular flexibility index (Phi) is 9.06. The van der Waals surface area contributed by atoms with Gasteiger partial charge in [-0.15, -0.1) is 6.58 Å². The Labute approximate surface area is 90.0 Å². The summed E-state index contributed by atoms with van der Waals surface area (Å²) < 4.78 is 0. The van der Waals surface area contributed by atoms with Gasteiger partial charge in [0, 0.05) is 6.04 Å². The van der Waals surface area contributed by atoms with Gasteiger partial charge in [0.05, 0.1) is 0 Å². The molecule has 0 aliphatic heterocycles. The van der Waals surface area contributed by atoms with Crippen LogP contribution in [0.15, 0.2) is 12.7 Å². The van der Waals surface area contributed by atoms with Crippen molar-refractivity contribution >= 4 is 0 Å². The van der Waals surface area contributed by atoms with E-state index >= 15 is 0 Å². The lowest BCUT2D eigenvalue weighted by Gasteiger charge is -2.16. The maximum absolute atomic E-state index is 3.74. The lowest BCUT2D eigenvalue weighted by Crippen LogP contribution is -2.23. The van der Waals surface area contributed by atoms with Crippen molar-refractivity contribution in [2.45, 2.75) is 58.4 Å². The summed E-state index contributed by atoms with van der Waals surface area (Å²) in [6.45, 7) is 8.36. The summed E-state index contributed by atoms with van der Waals surface area (Å²) in [5.74, 6) is 0.862. The summed E-state index contributed by atoms with van der Waals surface area (Å²) in [5.41, 5.74) is 0. The van der Waals surface area contributed by atoms with Gasteiger partial charge in [-0.2, -0.15) is 0 Å². The molecule has 0 heterocycles. The van der Waals surface area contributed by atoms with Crippen LogP contribution in [0.2, 0.25) is 0 Å². The second-order valence-electron chi connectivity index (χ2n) is 4.46. The van der Waals surface area contributed by atoms with E-state index in [4.69, 9.17) is 0 Å². The van der Waals surface area contributed by atoms with Crippen molar-refractivity contribution in [3.8, 4) is 0 Å². The van der Waals surface area contributed by atoms with Crippen LogP contribution in [0, 0.1) is 5.92 Å². The van der Waals surface area contributed by atoms with E-state index in [1.54, 1.807) is 0 Å². The Morgan fingerprint density at radius 1 is 1.21 bits per heavy atom. The van der Waals surface area contributed by atoms with Gasteiger partial charge < -0.3 is 5.32 Å². The third-order valence-electron chi connectivity index (χ3n) is 2.85. The summed E-state index contributed by atoms with van der Waals surface area (Å²) in [7, 11) is 2.04. The highest BCUT2D eigenvalue weighted by molar-refractivity contribution is 4.66. The SMILES string of the molecule is C=CCCCCCC(C)CC(C)NC. The molecule has 0 bridgehead atoms. The zero-order chi connectivity index (χ0) is 10.8. The van der Waals surface area contributed by atoms with Crippen LogP contribution < -0.4 is 5.32 Å². The topological polar surface area (TPSA) is 12.0 Å². The van der Waals surface area contributed by atoms with Gasteiger partial charge >= 0.3 is 0 Å². The molecule has 0 fully saturated rings. The molecule has 0 aliphatic rings. The smallest absolute Gasteiger partial charge is 0.00382 e. The minimum Gasteiger partial charge on any atom is -0.317 e. The molecule has 2 atom stereocenters. The first-order chi connectivity index (χ1) is 6.70. The molecule has 0 saturated carbocycles. The van der Waals surface area contributed by atoms with Gasteiger partial charge in [0.15, 0.2) is 0 Å². The van der Waals surface area contributed by atoms with Gasteiger partial charge in [-0.1, -0.05) is 32.3 Å². The molecular weight excluding hydrogens is 170 g/mol. The normalized spacial score (nSPS) is 15.1. The van der Waals surface area contributed by atoms with Crippen LogP contribution >= 0.6 is 0 Å². The predicted octanol–water partition coefficient (Wildman–Crippen LogP) is 3.76. The molecule has 0 aliphatic carbocycles. The number of nitrogens with one attached hydrogen (secondary N) is 1. The lowest BCUT2D eigenvalue weighted by molar-refractivity contribution is 0.404. The first-order valence-corrected chi connectivity index (χ1v) is 5.98. The highest BCUT2D eigenvalue weighted by atomic mass is 14.8. The molecule has 1 nitrogen and oxygen atoms in total. The molecule has 0 rings (SSSR count). The number of rotatable bonds is 9. The van der Waals surface area contributed by atoms with Crippen LogP contribution in [0.5, 0.6) is 0 Å². The molecule has 0 aromatic heterocycles. The Morgan fingerprint density at radius 3 is 2.50 bits per heavy atom. The van der Waals surface area contributed by atoms with E-state index in [1.165, 1.54) is 38.5 Å². The largest absolute Gasteiger partial charge is 0.317 e. The van der Waals surface area contributed by atoms with Crippen molar-refractivity contribution < 1.29 is 0 Å². The van der Waals surface area contributed by atoms with E-state index in [1.807, 2.05) is 13.1 Å². The highest BCUT2D eigenvalue weighted by Crippen LogP contribution is 2.15.